The summed E-state index contributed by atoms with van der Waals surface area (Å²) in [6.07, 6.45) is 4.93. The number of ether oxygens (including phenoxy) is 1. The number of carbonyl (C=O) groups excluding carboxylic acids is 1. The zero-order valence-corrected chi connectivity index (χ0v) is 15.1. The number of anilines is 1. The minimum atomic E-state index is -0.257. The number of amides is 2. The fourth-order valence-electron chi connectivity index (χ4n) is 3.13. The third kappa shape index (κ3) is 4.01. The van der Waals surface area contributed by atoms with Gasteiger partial charge in [-0.15, -0.1) is 0 Å². The second kappa shape index (κ2) is 7.63. The molecule has 27 heavy (non-hydrogen) atoms. The summed E-state index contributed by atoms with van der Waals surface area (Å²) in [6.45, 7) is 0. The van der Waals surface area contributed by atoms with Crippen molar-refractivity contribution in [3.63, 3.8) is 0 Å². The molecule has 2 amide bonds. The standard InChI is InChI=1S/C20H17ClN4O2/c21-17-4-1-3-16-15(17)9-10-18(16)25-19(26)24-13-5-7-14(8-6-13)27-20-22-11-2-12-23-20/h1-8,11-12,18H,9-10H2,(H2,24,25,26). The van der Waals surface area contributed by atoms with Crippen LogP contribution in [0.15, 0.2) is 60.9 Å². The van der Waals surface area contributed by atoms with E-state index in [0.29, 0.717) is 11.4 Å². The lowest BCUT2D eigenvalue weighted by atomic mass is 10.1. The van der Waals surface area contributed by atoms with E-state index in [4.69, 9.17) is 16.3 Å². The van der Waals surface area contributed by atoms with Gasteiger partial charge >= 0.3 is 12.0 Å². The van der Waals surface area contributed by atoms with Gasteiger partial charge in [0.05, 0.1) is 6.04 Å². The van der Waals surface area contributed by atoms with Gasteiger partial charge in [0, 0.05) is 23.1 Å². The first kappa shape index (κ1) is 17.3. The Morgan fingerprint density at radius 2 is 1.85 bits per heavy atom. The first-order valence-electron chi connectivity index (χ1n) is 8.59. The highest BCUT2D eigenvalue weighted by Gasteiger charge is 2.25. The Labute approximate surface area is 161 Å². The highest BCUT2D eigenvalue weighted by atomic mass is 35.5. The molecule has 1 atom stereocenters. The van der Waals surface area contributed by atoms with Gasteiger partial charge in [-0.2, -0.15) is 0 Å². The van der Waals surface area contributed by atoms with Crippen molar-refractivity contribution in [3.8, 4) is 11.8 Å². The number of halogens is 1. The number of urea groups is 1. The van der Waals surface area contributed by atoms with E-state index in [1.807, 2.05) is 18.2 Å². The fraction of sp³-hybridized carbons (Fsp3) is 0.150. The Kier molecular flexibility index (Phi) is 4.89. The van der Waals surface area contributed by atoms with E-state index in [-0.39, 0.29) is 18.1 Å². The van der Waals surface area contributed by atoms with Crippen LogP contribution < -0.4 is 15.4 Å². The van der Waals surface area contributed by atoms with E-state index < -0.39 is 0 Å². The summed E-state index contributed by atoms with van der Waals surface area (Å²) < 4.78 is 5.53. The van der Waals surface area contributed by atoms with E-state index in [1.54, 1.807) is 42.7 Å². The maximum Gasteiger partial charge on any atom is 0.321 e. The number of nitrogens with one attached hydrogen (secondary N) is 2. The average molecular weight is 381 g/mol. The molecule has 1 aliphatic rings. The van der Waals surface area contributed by atoms with Crippen LogP contribution in [0.25, 0.3) is 0 Å². The summed E-state index contributed by atoms with van der Waals surface area (Å²) >= 11 is 6.23. The lowest BCUT2D eigenvalue weighted by Gasteiger charge is -2.15. The van der Waals surface area contributed by atoms with Gasteiger partial charge in [-0.05, 0) is 60.4 Å². The summed E-state index contributed by atoms with van der Waals surface area (Å²) in [5.41, 5.74) is 2.87. The van der Waals surface area contributed by atoms with Crippen molar-refractivity contribution in [2.75, 3.05) is 5.32 Å². The van der Waals surface area contributed by atoms with E-state index >= 15 is 0 Å². The number of fused-ring (bicyclic) bond motifs is 1. The fourth-order valence-corrected chi connectivity index (χ4v) is 3.41. The normalized spacial score (nSPS) is 15.1. The van der Waals surface area contributed by atoms with Crippen LogP contribution in [0.3, 0.4) is 0 Å². The predicted molar refractivity (Wildman–Crippen MR) is 103 cm³/mol. The quantitative estimate of drug-likeness (QED) is 0.686. The second-order valence-electron chi connectivity index (χ2n) is 6.16. The van der Waals surface area contributed by atoms with Gasteiger partial charge in [-0.1, -0.05) is 23.7 Å². The molecule has 1 unspecified atom stereocenters. The Bertz CT molecular complexity index is 948. The summed E-state index contributed by atoms with van der Waals surface area (Å²) in [5, 5.41) is 6.60. The first-order valence-corrected chi connectivity index (χ1v) is 8.96. The number of benzene rings is 2. The maximum absolute atomic E-state index is 12.3. The van der Waals surface area contributed by atoms with Crippen molar-refractivity contribution in [1.82, 2.24) is 15.3 Å². The van der Waals surface area contributed by atoms with E-state index in [9.17, 15) is 4.79 Å². The van der Waals surface area contributed by atoms with Gasteiger partial charge in [0.25, 0.3) is 0 Å². The molecule has 136 valence electrons. The lowest BCUT2D eigenvalue weighted by Crippen LogP contribution is -2.31. The van der Waals surface area contributed by atoms with Crippen LogP contribution in [0.4, 0.5) is 10.5 Å². The Hall–Kier alpha value is -3.12. The Balaban J connectivity index is 1.36. The summed E-state index contributed by atoms with van der Waals surface area (Å²) in [6, 6.07) is 14.5. The molecule has 2 aromatic carbocycles. The van der Waals surface area contributed by atoms with E-state index in [0.717, 1.165) is 29.0 Å². The molecule has 1 aromatic heterocycles. The molecule has 7 heteroatoms. The third-order valence-electron chi connectivity index (χ3n) is 4.38. The zero-order chi connectivity index (χ0) is 18.6. The van der Waals surface area contributed by atoms with Gasteiger partial charge in [0.1, 0.15) is 5.75 Å². The van der Waals surface area contributed by atoms with Crippen molar-refractivity contribution < 1.29 is 9.53 Å². The molecule has 6 nitrogen and oxygen atoms in total. The van der Waals surface area contributed by atoms with Gasteiger partial charge in [-0.3, -0.25) is 0 Å². The smallest absolute Gasteiger partial charge is 0.321 e. The maximum atomic E-state index is 12.3. The molecule has 1 aliphatic carbocycles. The molecular formula is C20H17ClN4O2. The molecule has 0 fully saturated rings. The highest BCUT2D eigenvalue weighted by Crippen LogP contribution is 2.35. The van der Waals surface area contributed by atoms with Crippen LogP contribution >= 0.6 is 11.6 Å². The van der Waals surface area contributed by atoms with Crippen LogP contribution in [-0.4, -0.2) is 16.0 Å². The second-order valence-corrected chi connectivity index (χ2v) is 6.56. The Morgan fingerprint density at radius 1 is 1.07 bits per heavy atom. The highest BCUT2D eigenvalue weighted by molar-refractivity contribution is 6.31. The number of nitrogens with zero attached hydrogens (tertiary/aromatic N) is 2. The van der Waals surface area contributed by atoms with Gasteiger partial charge in [-0.25, -0.2) is 14.8 Å². The van der Waals surface area contributed by atoms with Crippen LogP contribution in [-0.2, 0) is 6.42 Å². The SMILES string of the molecule is O=C(Nc1ccc(Oc2ncccn2)cc1)NC1CCc2c(Cl)cccc21. The molecule has 0 spiro atoms. The van der Waals surface area contributed by atoms with Crippen LogP contribution in [0.5, 0.6) is 11.8 Å². The lowest BCUT2D eigenvalue weighted by molar-refractivity contribution is 0.248. The number of hydrogen-bond donors (Lipinski definition) is 2. The van der Waals surface area contributed by atoms with Crippen molar-refractivity contribution in [2.45, 2.75) is 18.9 Å². The van der Waals surface area contributed by atoms with Gasteiger partial charge < -0.3 is 15.4 Å². The molecule has 1 heterocycles. The number of hydrogen-bond acceptors (Lipinski definition) is 4. The minimum Gasteiger partial charge on any atom is -0.424 e. The molecule has 0 saturated carbocycles. The molecular weight excluding hydrogens is 364 g/mol. The summed E-state index contributed by atoms with van der Waals surface area (Å²) in [5.74, 6) is 0.589. The first-order chi connectivity index (χ1) is 13.2. The minimum absolute atomic E-state index is 0.0310. The van der Waals surface area contributed by atoms with Crippen LogP contribution in [0.2, 0.25) is 5.02 Å². The summed E-state index contributed by atoms with van der Waals surface area (Å²) in [4.78, 5) is 20.3. The van der Waals surface area contributed by atoms with Crippen molar-refractivity contribution in [3.05, 3.63) is 77.1 Å². The van der Waals surface area contributed by atoms with Gasteiger partial charge in [0.15, 0.2) is 0 Å². The van der Waals surface area contributed by atoms with Crippen molar-refractivity contribution in [1.29, 1.82) is 0 Å². The zero-order valence-electron chi connectivity index (χ0n) is 14.4. The number of rotatable bonds is 4. The third-order valence-corrected chi connectivity index (χ3v) is 4.74. The topological polar surface area (TPSA) is 76.1 Å². The number of aromatic nitrogens is 2. The average Bonchev–Trinajstić information content (AvgIpc) is 3.08. The van der Waals surface area contributed by atoms with E-state index in [1.165, 1.54) is 0 Å². The molecule has 0 radical (unpaired) electrons. The van der Waals surface area contributed by atoms with Gasteiger partial charge in [0.2, 0.25) is 0 Å². The largest absolute Gasteiger partial charge is 0.424 e. The molecule has 0 aliphatic heterocycles. The molecule has 2 N–H and O–H groups in total. The molecule has 3 aromatic rings. The van der Waals surface area contributed by atoms with Crippen LogP contribution in [0, 0.1) is 0 Å². The Morgan fingerprint density at radius 3 is 2.63 bits per heavy atom. The monoisotopic (exact) mass is 380 g/mol. The summed E-state index contributed by atoms with van der Waals surface area (Å²) in [7, 11) is 0. The molecule has 0 saturated heterocycles. The molecule has 0 bridgehead atoms. The predicted octanol–water partition coefficient (Wildman–Crippen LogP) is 4.73. The van der Waals surface area contributed by atoms with Crippen LogP contribution in [0.1, 0.15) is 23.6 Å². The van der Waals surface area contributed by atoms with Crippen molar-refractivity contribution in [2.24, 2.45) is 0 Å². The van der Waals surface area contributed by atoms with E-state index in [2.05, 4.69) is 20.6 Å². The molecule has 4 rings (SSSR count). The van der Waals surface area contributed by atoms with Crippen molar-refractivity contribution >= 4 is 23.3 Å². The number of carbonyl (C=O) groups is 1.